The summed E-state index contributed by atoms with van der Waals surface area (Å²) in [6, 6.07) is 6.81. The summed E-state index contributed by atoms with van der Waals surface area (Å²) in [5, 5.41) is 3.45. The fraction of sp³-hybridized carbons (Fsp3) is 0.429. The van der Waals surface area contributed by atoms with E-state index in [4.69, 9.17) is 11.6 Å². The van der Waals surface area contributed by atoms with Gasteiger partial charge in [-0.25, -0.2) is 4.79 Å². The lowest BCUT2D eigenvalue weighted by molar-refractivity contribution is -0.125. The van der Waals surface area contributed by atoms with Crippen molar-refractivity contribution in [2.24, 2.45) is 5.92 Å². The molecule has 4 nitrogen and oxygen atoms in total. The third kappa shape index (κ3) is 3.47. The van der Waals surface area contributed by atoms with E-state index in [0.717, 1.165) is 6.42 Å². The van der Waals surface area contributed by atoms with E-state index in [2.05, 4.69) is 5.32 Å². The summed E-state index contributed by atoms with van der Waals surface area (Å²) in [5.41, 5.74) is 0.708. The Morgan fingerprint density at radius 3 is 2.74 bits per heavy atom. The number of piperidine rings is 1. The number of anilines is 1. The first kappa shape index (κ1) is 13.9. The van der Waals surface area contributed by atoms with Crippen molar-refractivity contribution in [3.63, 3.8) is 0 Å². The maximum absolute atomic E-state index is 12.1. The predicted molar refractivity (Wildman–Crippen MR) is 75.4 cm³/mol. The minimum Gasteiger partial charge on any atom is -0.323 e. The summed E-state index contributed by atoms with van der Waals surface area (Å²) >= 11 is 5.79. The molecule has 19 heavy (non-hydrogen) atoms. The first-order valence-electron chi connectivity index (χ1n) is 6.44. The van der Waals surface area contributed by atoms with Crippen LogP contribution >= 0.6 is 11.6 Å². The molecule has 0 aromatic heterocycles. The molecule has 1 fully saturated rings. The number of urea groups is 1. The SMILES string of the molecule is CCC1CN(C(=O)Nc2ccc(Cl)cc2)CCC1=O. The topological polar surface area (TPSA) is 49.4 Å². The molecule has 1 aliphatic rings. The highest BCUT2D eigenvalue weighted by Crippen LogP contribution is 2.18. The molecule has 2 amide bonds. The normalized spacial score (nSPS) is 19.4. The largest absolute Gasteiger partial charge is 0.323 e. The van der Waals surface area contributed by atoms with E-state index in [9.17, 15) is 9.59 Å². The van der Waals surface area contributed by atoms with E-state index < -0.39 is 0 Å². The Morgan fingerprint density at radius 1 is 1.42 bits per heavy atom. The van der Waals surface area contributed by atoms with Gasteiger partial charge in [-0.2, -0.15) is 0 Å². The Kier molecular flexibility index (Phi) is 4.43. The number of ketones is 1. The van der Waals surface area contributed by atoms with Crippen LogP contribution in [0, 0.1) is 5.92 Å². The van der Waals surface area contributed by atoms with E-state index in [1.165, 1.54) is 0 Å². The highest BCUT2D eigenvalue weighted by Gasteiger charge is 2.28. The molecule has 0 radical (unpaired) electrons. The van der Waals surface area contributed by atoms with Crippen molar-refractivity contribution in [2.75, 3.05) is 18.4 Å². The van der Waals surface area contributed by atoms with Gasteiger partial charge in [-0.05, 0) is 30.7 Å². The number of nitrogens with one attached hydrogen (secondary N) is 1. The lowest BCUT2D eigenvalue weighted by Crippen LogP contribution is -2.45. The van der Waals surface area contributed by atoms with Gasteiger partial charge in [0.05, 0.1) is 0 Å². The Labute approximate surface area is 117 Å². The van der Waals surface area contributed by atoms with Gasteiger partial charge in [0.25, 0.3) is 0 Å². The number of carbonyl (C=O) groups is 2. The summed E-state index contributed by atoms with van der Waals surface area (Å²) in [6.07, 6.45) is 1.23. The van der Waals surface area contributed by atoms with Crippen LogP contribution in [0.1, 0.15) is 19.8 Å². The molecule has 1 unspecified atom stereocenters. The average molecular weight is 281 g/mol. The van der Waals surface area contributed by atoms with Crippen LogP contribution in [0.25, 0.3) is 0 Å². The van der Waals surface area contributed by atoms with Crippen molar-refractivity contribution < 1.29 is 9.59 Å². The van der Waals surface area contributed by atoms with Gasteiger partial charge >= 0.3 is 6.03 Å². The number of benzene rings is 1. The third-order valence-electron chi connectivity index (χ3n) is 3.40. The molecule has 1 aromatic carbocycles. The fourth-order valence-corrected chi connectivity index (χ4v) is 2.31. The summed E-state index contributed by atoms with van der Waals surface area (Å²) in [7, 11) is 0. The van der Waals surface area contributed by atoms with Crippen LogP contribution in [-0.4, -0.2) is 29.8 Å². The zero-order valence-corrected chi connectivity index (χ0v) is 11.6. The first-order valence-corrected chi connectivity index (χ1v) is 6.82. The molecular formula is C14H17ClN2O2. The standard InChI is InChI=1S/C14H17ClN2O2/c1-2-10-9-17(8-7-13(10)18)14(19)16-12-5-3-11(15)4-6-12/h3-6,10H,2,7-9H2,1H3,(H,16,19). The summed E-state index contributed by atoms with van der Waals surface area (Å²) in [6.45, 7) is 2.98. The van der Waals surface area contributed by atoms with Gasteiger partial charge < -0.3 is 10.2 Å². The van der Waals surface area contributed by atoms with Crippen molar-refractivity contribution in [1.82, 2.24) is 4.90 Å². The predicted octanol–water partition coefficient (Wildman–Crippen LogP) is 3.17. The van der Waals surface area contributed by atoms with Crippen molar-refractivity contribution in [2.45, 2.75) is 19.8 Å². The van der Waals surface area contributed by atoms with Gasteiger partial charge in [-0.15, -0.1) is 0 Å². The number of nitrogens with zero attached hydrogens (tertiary/aromatic N) is 1. The lowest BCUT2D eigenvalue weighted by Gasteiger charge is -2.31. The molecule has 1 N–H and O–H groups in total. The molecular weight excluding hydrogens is 264 g/mol. The van der Waals surface area contributed by atoms with E-state index in [1.807, 2.05) is 6.92 Å². The van der Waals surface area contributed by atoms with Crippen LogP contribution in [0.3, 0.4) is 0 Å². The molecule has 5 heteroatoms. The van der Waals surface area contributed by atoms with Crippen LogP contribution in [0.4, 0.5) is 10.5 Å². The van der Waals surface area contributed by atoms with Gasteiger partial charge in [-0.1, -0.05) is 18.5 Å². The van der Waals surface area contributed by atoms with Crippen LogP contribution in [0.15, 0.2) is 24.3 Å². The number of amides is 2. The van der Waals surface area contributed by atoms with Gasteiger partial charge in [-0.3, -0.25) is 4.79 Å². The van der Waals surface area contributed by atoms with E-state index >= 15 is 0 Å². The molecule has 1 aliphatic heterocycles. The van der Waals surface area contributed by atoms with Gasteiger partial charge in [0.15, 0.2) is 0 Å². The fourth-order valence-electron chi connectivity index (χ4n) is 2.19. The molecule has 0 aliphatic carbocycles. The van der Waals surface area contributed by atoms with Crippen molar-refractivity contribution in [1.29, 1.82) is 0 Å². The van der Waals surface area contributed by atoms with Crippen LogP contribution in [-0.2, 0) is 4.79 Å². The molecule has 0 saturated carbocycles. The second-order valence-electron chi connectivity index (χ2n) is 4.70. The maximum Gasteiger partial charge on any atom is 0.321 e. The summed E-state index contributed by atoms with van der Waals surface area (Å²) in [4.78, 5) is 25.4. The molecule has 1 atom stereocenters. The van der Waals surface area contributed by atoms with E-state index in [0.29, 0.717) is 30.2 Å². The van der Waals surface area contributed by atoms with Crippen molar-refractivity contribution >= 4 is 29.1 Å². The molecule has 1 aromatic rings. The zero-order chi connectivity index (χ0) is 13.8. The molecule has 0 bridgehead atoms. The minimum absolute atomic E-state index is 0.0234. The number of hydrogen-bond acceptors (Lipinski definition) is 2. The highest BCUT2D eigenvalue weighted by atomic mass is 35.5. The average Bonchev–Trinajstić information content (AvgIpc) is 2.42. The number of hydrogen-bond donors (Lipinski definition) is 1. The van der Waals surface area contributed by atoms with Crippen LogP contribution in [0.5, 0.6) is 0 Å². The molecule has 102 valence electrons. The number of rotatable bonds is 2. The Morgan fingerprint density at radius 2 is 2.11 bits per heavy atom. The Balaban J connectivity index is 1.96. The Bertz CT molecular complexity index is 473. The smallest absolute Gasteiger partial charge is 0.321 e. The molecule has 1 heterocycles. The number of carbonyl (C=O) groups excluding carboxylic acids is 2. The van der Waals surface area contributed by atoms with Crippen LogP contribution < -0.4 is 5.32 Å². The monoisotopic (exact) mass is 280 g/mol. The lowest BCUT2D eigenvalue weighted by atomic mass is 9.94. The van der Waals surface area contributed by atoms with Crippen molar-refractivity contribution in [3.05, 3.63) is 29.3 Å². The van der Waals surface area contributed by atoms with Gasteiger partial charge in [0.2, 0.25) is 0 Å². The van der Waals surface area contributed by atoms with Gasteiger partial charge in [0, 0.05) is 36.1 Å². The van der Waals surface area contributed by atoms with Crippen molar-refractivity contribution in [3.8, 4) is 0 Å². The second-order valence-corrected chi connectivity index (χ2v) is 5.14. The summed E-state index contributed by atoms with van der Waals surface area (Å²) in [5.74, 6) is 0.239. The molecule has 2 rings (SSSR count). The van der Waals surface area contributed by atoms with Gasteiger partial charge in [0.1, 0.15) is 5.78 Å². The number of likely N-dealkylation sites (tertiary alicyclic amines) is 1. The molecule has 1 saturated heterocycles. The number of Topliss-reactive ketones (excluding diaryl/α,β-unsaturated/α-hetero) is 1. The maximum atomic E-state index is 12.1. The zero-order valence-electron chi connectivity index (χ0n) is 10.9. The quantitative estimate of drug-likeness (QED) is 0.904. The highest BCUT2D eigenvalue weighted by molar-refractivity contribution is 6.30. The van der Waals surface area contributed by atoms with E-state index in [1.54, 1.807) is 29.2 Å². The second kappa shape index (κ2) is 6.06. The third-order valence-corrected chi connectivity index (χ3v) is 3.65. The molecule has 0 spiro atoms. The first-order chi connectivity index (χ1) is 9.10. The van der Waals surface area contributed by atoms with Crippen LogP contribution in [0.2, 0.25) is 5.02 Å². The number of halogens is 1. The Hall–Kier alpha value is -1.55. The minimum atomic E-state index is -0.159. The van der Waals surface area contributed by atoms with E-state index in [-0.39, 0.29) is 17.7 Å². The summed E-state index contributed by atoms with van der Waals surface area (Å²) < 4.78 is 0.